The van der Waals surface area contributed by atoms with Crippen LogP contribution in [0.2, 0.25) is 0 Å². The molecule has 2 atom stereocenters. The van der Waals surface area contributed by atoms with Crippen molar-refractivity contribution in [2.75, 3.05) is 13.2 Å². The smallest absolute Gasteiger partial charge is 0.306 e. The molecule has 70 heavy (non-hydrogen) atoms. The van der Waals surface area contributed by atoms with Crippen LogP contribution in [0.5, 0.6) is 0 Å². The van der Waals surface area contributed by atoms with Crippen molar-refractivity contribution in [1.29, 1.82) is 0 Å². The van der Waals surface area contributed by atoms with Crippen LogP contribution >= 0.6 is 0 Å². The molecular weight excluding hydrogens is 865 g/mol. The van der Waals surface area contributed by atoms with E-state index < -0.39 is 6.10 Å². The molecule has 0 fully saturated rings. The number of ether oxygens (including phenoxy) is 3. The van der Waals surface area contributed by atoms with Gasteiger partial charge in [0.1, 0.15) is 13.2 Å². The summed E-state index contributed by atoms with van der Waals surface area (Å²) in [5, 5.41) is 0. The maximum Gasteiger partial charge on any atom is 0.306 e. The Hall–Kier alpha value is -1.59. The second kappa shape index (κ2) is 55.2. The molecule has 0 aromatic rings. The van der Waals surface area contributed by atoms with E-state index in [9.17, 15) is 14.4 Å². The molecule has 0 aromatic carbocycles. The van der Waals surface area contributed by atoms with Crippen LogP contribution in [-0.2, 0) is 28.6 Å². The van der Waals surface area contributed by atoms with E-state index in [1.54, 1.807) is 0 Å². The predicted octanol–water partition coefficient (Wildman–Crippen LogP) is 21.1. The second-order valence-corrected chi connectivity index (χ2v) is 23.2. The van der Waals surface area contributed by atoms with Crippen LogP contribution in [-0.4, -0.2) is 37.2 Å². The number of esters is 3. The summed E-state index contributed by atoms with van der Waals surface area (Å²) in [5.41, 5.74) is 0. The number of unbranched alkanes of at least 4 members (excludes halogenated alkanes) is 39. The summed E-state index contributed by atoms with van der Waals surface area (Å²) in [6, 6.07) is 0. The second-order valence-electron chi connectivity index (χ2n) is 23.2. The van der Waals surface area contributed by atoms with Crippen molar-refractivity contribution in [3.05, 3.63) is 0 Å². The van der Waals surface area contributed by atoms with Gasteiger partial charge in [0.2, 0.25) is 0 Å². The molecular formula is C64H124O6. The molecule has 6 nitrogen and oxygen atoms in total. The van der Waals surface area contributed by atoms with Crippen molar-refractivity contribution in [3.8, 4) is 0 Å². The number of hydrogen-bond donors (Lipinski definition) is 0. The average molecular weight is 990 g/mol. The summed E-state index contributed by atoms with van der Waals surface area (Å²) < 4.78 is 16.9. The Labute approximate surface area is 438 Å². The van der Waals surface area contributed by atoms with Gasteiger partial charge in [0.15, 0.2) is 6.10 Å². The lowest BCUT2D eigenvalue weighted by Crippen LogP contribution is -2.30. The molecule has 416 valence electrons. The van der Waals surface area contributed by atoms with E-state index in [0.717, 1.165) is 75.5 Å². The standard InChI is InChI=1S/C64H124O6/c1-7-60(6)52-46-40-34-28-21-17-14-15-19-23-30-36-42-48-54-63(66)69-57-61(70-64(67)55-49-43-37-31-25-24-27-33-39-45-51-59(4)5)56-68-62(65)53-47-41-35-29-22-18-13-11-9-8-10-12-16-20-26-32-38-44-50-58(2)3/h58-61H,7-57H2,1-6H3/t60?,61-/m0/s1. The minimum absolute atomic E-state index is 0.0630. The number of rotatable bonds is 57. The van der Waals surface area contributed by atoms with E-state index in [-0.39, 0.29) is 31.1 Å². The third-order valence-electron chi connectivity index (χ3n) is 15.0. The molecule has 0 N–H and O–H groups in total. The van der Waals surface area contributed by atoms with Crippen LogP contribution in [0.1, 0.15) is 356 Å². The summed E-state index contributed by atoms with van der Waals surface area (Å²) >= 11 is 0. The van der Waals surface area contributed by atoms with Crippen LogP contribution in [0.3, 0.4) is 0 Å². The molecule has 0 amide bonds. The van der Waals surface area contributed by atoms with Crippen LogP contribution in [0.25, 0.3) is 0 Å². The zero-order valence-corrected chi connectivity index (χ0v) is 48.3. The van der Waals surface area contributed by atoms with Crippen LogP contribution < -0.4 is 0 Å². The normalized spacial score (nSPS) is 12.5. The summed E-state index contributed by atoms with van der Waals surface area (Å²) in [4.78, 5) is 38.3. The first-order chi connectivity index (χ1) is 34.1. The SMILES string of the molecule is CCC(C)CCCCCCCCCCCCCCCCC(=O)OC[C@H](COC(=O)CCCCCCCCCCCCCCCCCCCCC(C)C)OC(=O)CCCCCCCCCCCCC(C)C. The molecule has 1 unspecified atom stereocenters. The first-order valence-electron chi connectivity index (χ1n) is 31.6. The van der Waals surface area contributed by atoms with Crippen molar-refractivity contribution in [3.63, 3.8) is 0 Å². The molecule has 6 heteroatoms. The van der Waals surface area contributed by atoms with Crippen LogP contribution in [0.15, 0.2) is 0 Å². The lowest BCUT2D eigenvalue weighted by molar-refractivity contribution is -0.167. The highest BCUT2D eigenvalue weighted by molar-refractivity contribution is 5.71. The third-order valence-corrected chi connectivity index (χ3v) is 15.0. The van der Waals surface area contributed by atoms with Crippen molar-refractivity contribution < 1.29 is 28.6 Å². The minimum Gasteiger partial charge on any atom is -0.462 e. The summed E-state index contributed by atoms with van der Waals surface area (Å²) in [6.07, 6.45) is 59.6. The number of hydrogen-bond acceptors (Lipinski definition) is 6. The fourth-order valence-corrected chi connectivity index (χ4v) is 9.85. The van der Waals surface area contributed by atoms with Crippen molar-refractivity contribution >= 4 is 17.9 Å². The lowest BCUT2D eigenvalue weighted by atomic mass is 9.99. The first-order valence-corrected chi connectivity index (χ1v) is 31.6. The predicted molar refractivity (Wildman–Crippen MR) is 303 cm³/mol. The maximum absolute atomic E-state index is 12.9. The van der Waals surface area contributed by atoms with E-state index in [2.05, 4.69) is 41.5 Å². The molecule has 0 saturated heterocycles. The molecule has 0 heterocycles. The summed E-state index contributed by atoms with van der Waals surface area (Å²) in [5.74, 6) is 1.73. The summed E-state index contributed by atoms with van der Waals surface area (Å²) in [7, 11) is 0. The van der Waals surface area contributed by atoms with Gasteiger partial charge >= 0.3 is 17.9 Å². The van der Waals surface area contributed by atoms with E-state index in [0.29, 0.717) is 19.3 Å². The molecule has 0 aliphatic rings. The van der Waals surface area contributed by atoms with Gasteiger partial charge in [-0.2, -0.15) is 0 Å². The van der Waals surface area contributed by atoms with Gasteiger partial charge in [-0.05, 0) is 37.0 Å². The van der Waals surface area contributed by atoms with Gasteiger partial charge in [-0.1, -0.05) is 318 Å². The monoisotopic (exact) mass is 989 g/mol. The van der Waals surface area contributed by atoms with Gasteiger partial charge in [0.05, 0.1) is 0 Å². The van der Waals surface area contributed by atoms with Gasteiger partial charge < -0.3 is 14.2 Å². The van der Waals surface area contributed by atoms with E-state index in [1.807, 2.05) is 0 Å². The van der Waals surface area contributed by atoms with E-state index >= 15 is 0 Å². The first kappa shape index (κ1) is 68.4. The molecule has 0 aromatic heterocycles. The average Bonchev–Trinajstić information content (AvgIpc) is 3.33. The molecule has 0 spiro atoms. The van der Waals surface area contributed by atoms with Gasteiger partial charge in [0, 0.05) is 19.3 Å². The van der Waals surface area contributed by atoms with Gasteiger partial charge in [-0.15, -0.1) is 0 Å². The fraction of sp³-hybridized carbons (Fsp3) is 0.953. The molecule has 0 radical (unpaired) electrons. The van der Waals surface area contributed by atoms with Crippen LogP contribution in [0, 0.1) is 17.8 Å². The molecule has 0 aliphatic carbocycles. The van der Waals surface area contributed by atoms with Crippen molar-refractivity contribution in [2.45, 2.75) is 362 Å². The highest BCUT2D eigenvalue weighted by atomic mass is 16.6. The third kappa shape index (κ3) is 55.7. The van der Waals surface area contributed by atoms with Crippen molar-refractivity contribution in [1.82, 2.24) is 0 Å². The Morgan fingerprint density at radius 3 is 0.743 bits per heavy atom. The highest BCUT2D eigenvalue weighted by Gasteiger charge is 2.19. The lowest BCUT2D eigenvalue weighted by Gasteiger charge is -2.18. The van der Waals surface area contributed by atoms with E-state index in [4.69, 9.17) is 14.2 Å². The van der Waals surface area contributed by atoms with Gasteiger partial charge in [-0.25, -0.2) is 0 Å². The van der Waals surface area contributed by atoms with Gasteiger partial charge in [0.25, 0.3) is 0 Å². The van der Waals surface area contributed by atoms with Crippen LogP contribution in [0.4, 0.5) is 0 Å². The maximum atomic E-state index is 12.9. The Morgan fingerprint density at radius 2 is 0.500 bits per heavy atom. The Morgan fingerprint density at radius 1 is 0.286 bits per heavy atom. The zero-order valence-electron chi connectivity index (χ0n) is 48.3. The molecule has 0 aliphatic heterocycles. The summed E-state index contributed by atoms with van der Waals surface area (Å²) in [6.45, 7) is 13.8. The van der Waals surface area contributed by atoms with Gasteiger partial charge in [-0.3, -0.25) is 14.4 Å². The topological polar surface area (TPSA) is 78.9 Å². The number of carbonyl (C=O) groups is 3. The quantitative estimate of drug-likeness (QED) is 0.0343. The Balaban J connectivity index is 4.24. The number of carbonyl (C=O) groups excluding carboxylic acids is 3. The van der Waals surface area contributed by atoms with Crippen molar-refractivity contribution in [2.24, 2.45) is 17.8 Å². The Kier molecular flexibility index (Phi) is 53.9. The zero-order chi connectivity index (χ0) is 51.2. The fourth-order valence-electron chi connectivity index (χ4n) is 9.85. The molecule has 0 saturated carbocycles. The Bertz CT molecular complexity index is 1090. The largest absolute Gasteiger partial charge is 0.462 e. The minimum atomic E-state index is -0.764. The molecule has 0 rings (SSSR count). The van der Waals surface area contributed by atoms with E-state index in [1.165, 1.54) is 238 Å². The molecule has 0 bridgehead atoms. The highest BCUT2D eigenvalue weighted by Crippen LogP contribution is 2.19.